The summed E-state index contributed by atoms with van der Waals surface area (Å²) < 4.78 is 5.08. The molecule has 9 heteroatoms. The number of benzene rings is 1. The molecule has 0 bridgehead atoms. The Labute approximate surface area is 162 Å². The van der Waals surface area contributed by atoms with Crippen LogP contribution in [0.1, 0.15) is 13.8 Å². The fourth-order valence-electron chi connectivity index (χ4n) is 2.49. The number of ketones is 1. The van der Waals surface area contributed by atoms with E-state index in [4.69, 9.17) is 4.74 Å². The molecule has 1 spiro atoms. The number of methoxy groups -OCH3 is 1. The van der Waals surface area contributed by atoms with Crippen molar-refractivity contribution >= 4 is 61.9 Å². The summed E-state index contributed by atoms with van der Waals surface area (Å²) in [4.78, 5) is 26.6. The Bertz CT molecular complexity index is 809. The van der Waals surface area contributed by atoms with Gasteiger partial charge in [0.2, 0.25) is 4.33 Å². The van der Waals surface area contributed by atoms with Crippen molar-refractivity contribution in [3.63, 3.8) is 0 Å². The number of nitrogens with zero attached hydrogens (tertiary/aromatic N) is 3. The number of ether oxygens (including phenoxy) is 1. The van der Waals surface area contributed by atoms with Gasteiger partial charge in [-0.15, -0.1) is 0 Å². The van der Waals surface area contributed by atoms with Crippen LogP contribution in [0.3, 0.4) is 0 Å². The van der Waals surface area contributed by atoms with E-state index in [9.17, 15) is 9.59 Å². The van der Waals surface area contributed by atoms with E-state index in [1.807, 2.05) is 43.1 Å². The Morgan fingerprint density at radius 1 is 1.24 bits per heavy atom. The molecule has 0 fully saturated rings. The van der Waals surface area contributed by atoms with E-state index in [0.717, 1.165) is 15.9 Å². The van der Waals surface area contributed by atoms with Crippen molar-refractivity contribution in [2.45, 2.75) is 18.2 Å². The van der Waals surface area contributed by atoms with E-state index in [0.29, 0.717) is 9.95 Å². The minimum Gasteiger partial charge on any atom is -0.465 e. The number of Topliss-reactive ketones (excluding diaryl/α,β-unsaturated/α-hetero) is 1. The van der Waals surface area contributed by atoms with Gasteiger partial charge in [-0.1, -0.05) is 27.7 Å². The van der Waals surface area contributed by atoms with Crippen LogP contribution in [0.15, 0.2) is 44.4 Å². The van der Waals surface area contributed by atoms with E-state index in [2.05, 4.69) is 21.0 Å². The second-order valence-electron chi connectivity index (χ2n) is 5.47. The van der Waals surface area contributed by atoms with Crippen LogP contribution < -0.4 is 5.01 Å². The zero-order chi connectivity index (χ0) is 18.4. The highest BCUT2D eigenvalue weighted by Gasteiger charge is 2.55. The van der Waals surface area contributed by atoms with Gasteiger partial charge >= 0.3 is 5.97 Å². The van der Waals surface area contributed by atoms with Gasteiger partial charge in [0.15, 0.2) is 10.8 Å². The average molecular weight is 442 g/mol. The summed E-state index contributed by atoms with van der Waals surface area (Å²) in [7, 11) is 3.25. The molecule has 25 heavy (non-hydrogen) atoms. The highest BCUT2D eigenvalue weighted by molar-refractivity contribution is 9.10. The molecule has 2 aliphatic heterocycles. The summed E-state index contributed by atoms with van der Waals surface area (Å²) in [5.74, 6) is -0.499. The van der Waals surface area contributed by atoms with E-state index in [1.54, 1.807) is 5.01 Å². The van der Waals surface area contributed by atoms with Gasteiger partial charge in [-0.3, -0.25) is 4.79 Å². The lowest BCUT2D eigenvalue weighted by Gasteiger charge is -2.39. The van der Waals surface area contributed by atoms with E-state index < -0.39 is 4.33 Å². The van der Waals surface area contributed by atoms with Gasteiger partial charge in [0, 0.05) is 24.1 Å². The summed E-state index contributed by atoms with van der Waals surface area (Å²) in [6.07, 6.45) is 0. The molecule has 0 amide bonds. The molecule has 1 aromatic rings. The van der Waals surface area contributed by atoms with Gasteiger partial charge in [-0.2, -0.15) is 5.10 Å². The topological polar surface area (TPSA) is 62.2 Å². The third kappa shape index (κ3) is 2.98. The number of hydrogen-bond donors (Lipinski definition) is 0. The molecule has 0 radical (unpaired) electrons. The lowest BCUT2D eigenvalue weighted by molar-refractivity contribution is -0.135. The second-order valence-corrected chi connectivity index (χ2v) is 8.98. The third-order valence-corrected chi connectivity index (χ3v) is 7.60. The molecule has 0 aromatic heterocycles. The van der Waals surface area contributed by atoms with Crippen LogP contribution in [0.4, 0.5) is 5.69 Å². The van der Waals surface area contributed by atoms with E-state index in [-0.39, 0.29) is 11.8 Å². The monoisotopic (exact) mass is 441 g/mol. The summed E-state index contributed by atoms with van der Waals surface area (Å²) in [5, 5.41) is 6.72. The van der Waals surface area contributed by atoms with E-state index in [1.165, 1.54) is 37.6 Å². The maximum Gasteiger partial charge on any atom is 0.346 e. The van der Waals surface area contributed by atoms with Crippen molar-refractivity contribution in [3.05, 3.63) is 39.3 Å². The fourth-order valence-corrected chi connectivity index (χ4v) is 5.65. The number of hydrazone groups is 1. The van der Waals surface area contributed by atoms with Crippen molar-refractivity contribution in [2.24, 2.45) is 5.10 Å². The number of rotatable bonds is 3. The molecule has 1 aromatic carbocycles. The predicted octanol–water partition coefficient (Wildman–Crippen LogP) is 3.60. The molecule has 0 N–H and O–H groups in total. The van der Waals surface area contributed by atoms with Crippen molar-refractivity contribution < 1.29 is 14.3 Å². The van der Waals surface area contributed by atoms with Crippen LogP contribution in [0.25, 0.3) is 0 Å². The number of carbonyl (C=O) groups is 2. The van der Waals surface area contributed by atoms with Crippen molar-refractivity contribution in [2.75, 3.05) is 19.2 Å². The molecule has 0 saturated heterocycles. The Kier molecular flexibility index (Phi) is 4.91. The van der Waals surface area contributed by atoms with Gasteiger partial charge in [0.05, 0.1) is 12.8 Å². The Balaban J connectivity index is 2.07. The molecule has 3 rings (SSSR count). The largest absolute Gasteiger partial charge is 0.465 e. The van der Waals surface area contributed by atoms with Gasteiger partial charge in [0.25, 0.3) is 0 Å². The average Bonchev–Trinajstić information content (AvgIpc) is 3.10. The maximum atomic E-state index is 12.1. The van der Waals surface area contributed by atoms with Crippen LogP contribution in [0.2, 0.25) is 0 Å². The van der Waals surface area contributed by atoms with Gasteiger partial charge in [0.1, 0.15) is 4.91 Å². The lowest BCUT2D eigenvalue weighted by atomic mass is 10.3. The molecule has 6 nitrogen and oxygen atoms in total. The zero-order valence-corrected chi connectivity index (χ0v) is 17.3. The number of halogens is 1. The van der Waals surface area contributed by atoms with Crippen LogP contribution in [-0.4, -0.2) is 40.2 Å². The second kappa shape index (κ2) is 6.69. The molecular formula is C16H16BrN3O3S2. The minimum atomic E-state index is -0.775. The first-order chi connectivity index (χ1) is 11.8. The number of hydrogen-bond acceptors (Lipinski definition) is 8. The molecule has 2 heterocycles. The normalized spacial score (nSPS) is 22.7. The molecular weight excluding hydrogens is 426 g/mol. The fraction of sp³-hybridized carbons (Fsp3) is 0.312. The smallest absolute Gasteiger partial charge is 0.346 e. The van der Waals surface area contributed by atoms with Crippen LogP contribution >= 0.6 is 39.5 Å². The van der Waals surface area contributed by atoms with Gasteiger partial charge in [-0.05, 0) is 43.0 Å². The number of esters is 1. The van der Waals surface area contributed by atoms with Crippen molar-refractivity contribution in [1.82, 2.24) is 4.90 Å². The van der Waals surface area contributed by atoms with E-state index >= 15 is 0 Å². The summed E-state index contributed by atoms with van der Waals surface area (Å²) >= 11 is 6.10. The maximum absolute atomic E-state index is 12.1. The standard InChI is InChI=1S/C16H16BrN3O3S2/c1-9-13(15(22)23-4)24-16(19(9)3)20(18-14(25-16)10(2)21)12-7-5-11(17)6-8-12/h5-8H,1-4H3/t16-/m0/s1. The van der Waals surface area contributed by atoms with Crippen LogP contribution in [0.5, 0.6) is 0 Å². The molecule has 0 saturated carbocycles. The predicted molar refractivity (Wildman–Crippen MR) is 105 cm³/mol. The van der Waals surface area contributed by atoms with Crippen LogP contribution in [0, 0.1) is 0 Å². The molecule has 132 valence electrons. The zero-order valence-electron chi connectivity index (χ0n) is 14.1. The minimum absolute atomic E-state index is 0.109. The SMILES string of the molecule is COC(=O)C1=C(C)N(C)[C@@]2(SC(C(C)=O)=NN2c2ccc(Br)cc2)S1. The quantitative estimate of drug-likeness (QED) is 0.663. The lowest BCUT2D eigenvalue weighted by Crippen LogP contribution is -2.47. The number of carbonyl (C=O) groups excluding carboxylic acids is 2. The first-order valence-electron chi connectivity index (χ1n) is 7.36. The first-order valence-corrected chi connectivity index (χ1v) is 9.79. The molecule has 0 aliphatic carbocycles. The first kappa shape index (κ1) is 18.3. The summed E-state index contributed by atoms with van der Waals surface area (Å²) in [6, 6.07) is 7.66. The highest BCUT2D eigenvalue weighted by Crippen LogP contribution is 2.58. The molecule has 1 atom stereocenters. The van der Waals surface area contributed by atoms with Gasteiger partial charge in [-0.25, -0.2) is 9.80 Å². The molecule has 2 aliphatic rings. The highest BCUT2D eigenvalue weighted by atomic mass is 79.9. The number of anilines is 1. The number of thioether (sulfide) groups is 2. The number of allylic oxidation sites excluding steroid dienone is 1. The summed E-state index contributed by atoms with van der Waals surface area (Å²) in [5.41, 5.74) is 1.61. The Morgan fingerprint density at radius 3 is 2.44 bits per heavy atom. The molecule has 0 unspecified atom stereocenters. The van der Waals surface area contributed by atoms with Crippen molar-refractivity contribution in [3.8, 4) is 0 Å². The van der Waals surface area contributed by atoms with Gasteiger partial charge < -0.3 is 9.64 Å². The Hall–Kier alpha value is -1.45. The third-order valence-electron chi connectivity index (χ3n) is 3.92. The summed E-state index contributed by atoms with van der Waals surface area (Å²) in [6.45, 7) is 3.35. The van der Waals surface area contributed by atoms with Crippen molar-refractivity contribution in [1.29, 1.82) is 0 Å². The van der Waals surface area contributed by atoms with Crippen LogP contribution in [-0.2, 0) is 14.3 Å². The Morgan fingerprint density at radius 2 is 1.88 bits per heavy atom.